The normalized spacial score (nSPS) is 21.9. The zero-order valence-corrected chi connectivity index (χ0v) is 13.1. The largest absolute Gasteiger partial charge is 0.363 e. The van der Waals surface area contributed by atoms with E-state index in [4.69, 9.17) is 12.2 Å². The van der Waals surface area contributed by atoms with Gasteiger partial charge in [-0.2, -0.15) is 0 Å². The highest BCUT2D eigenvalue weighted by Gasteiger charge is 2.40. The Balaban J connectivity index is 1.98. The molecule has 5 heteroatoms. The van der Waals surface area contributed by atoms with Crippen LogP contribution >= 0.6 is 12.2 Å². The Kier molecular flexibility index (Phi) is 3.92. The Hall–Kier alpha value is -1.88. The van der Waals surface area contributed by atoms with Gasteiger partial charge in [-0.05, 0) is 42.4 Å². The highest BCUT2D eigenvalue weighted by atomic mass is 32.1. The van der Waals surface area contributed by atoms with Crippen molar-refractivity contribution in [3.63, 3.8) is 0 Å². The zero-order chi connectivity index (χ0) is 14.8. The number of rotatable bonds is 4. The molecule has 1 fully saturated rings. The minimum Gasteiger partial charge on any atom is -0.363 e. The molecule has 1 aliphatic rings. The van der Waals surface area contributed by atoms with Crippen LogP contribution in [0, 0.1) is 5.92 Å². The van der Waals surface area contributed by atoms with Crippen molar-refractivity contribution in [3.05, 3.63) is 54.1 Å². The van der Waals surface area contributed by atoms with E-state index in [0.29, 0.717) is 5.92 Å². The Morgan fingerprint density at radius 2 is 2.14 bits per heavy atom. The van der Waals surface area contributed by atoms with E-state index in [-0.39, 0.29) is 12.1 Å². The van der Waals surface area contributed by atoms with E-state index < -0.39 is 0 Å². The number of aromatic amines is 1. The Bertz CT molecular complexity index is 594. The van der Waals surface area contributed by atoms with Crippen LogP contribution in [0.25, 0.3) is 0 Å². The van der Waals surface area contributed by atoms with Gasteiger partial charge >= 0.3 is 0 Å². The van der Waals surface area contributed by atoms with Crippen LogP contribution in [0.4, 0.5) is 0 Å². The Labute approximate surface area is 130 Å². The van der Waals surface area contributed by atoms with Crippen LogP contribution < -0.4 is 5.32 Å². The van der Waals surface area contributed by atoms with Gasteiger partial charge in [0.1, 0.15) is 0 Å². The summed E-state index contributed by atoms with van der Waals surface area (Å²) in [7, 11) is 0. The van der Waals surface area contributed by atoms with Crippen molar-refractivity contribution >= 4 is 17.3 Å². The maximum Gasteiger partial charge on any atom is 0.170 e. The zero-order valence-electron chi connectivity index (χ0n) is 12.3. The molecule has 4 nitrogen and oxygen atoms in total. The molecule has 0 aromatic carbocycles. The highest BCUT2D eigenvalue weighted by molar-refractivity contribution is 7.80. The molecule has 3 heterocycles. The quantitative estimate of drug-likeness (QED) is 0.852. The number of aromatic nitrogens is 2. The molecule has 2 atom stereocenters. The molecule has 110 valence electrons. The summed E-state index contributed by atoms with van der Waals surface area (Å²) in [4.78, 5) is 10.1. The summed E-state index contributed by atoms with van der Waals surface area (Å²) in [5, 5.41) is 4.24. The van der Waals surface area contributed by atoms with Gasteiger partial charge in [0.05, 0.1) is 17.8 Å². The first kappa shape index (κ1) is 14.1. The molecule has 0 bridgehead atoms. The molecule has 0 radical (unpaired) electrons. The first-order valence-electron chi connectivity index (χ1n) is 7.28. The van der Waals surface area contributed by atoms with E-state index in [1.165, 1.54) is 5.69 Å². The lowest BCUT2D eigenvalue weighted by atomic mass is 10.0. The predicted molar refractivity (Wildman–Crippen MR) is 87.8 cm³/mol. The lowest BCUT2D eigenvalue weighted by Gasteiger charge is -2.28. The van der Waals surface area contributed by atoms with Crippen molar-refractivity contribution in [1.29, 1.82) is 0 Å². The fourth-order valence-electron chi connectivity index (χ4n) is 2.86. The van der Waals surface area contributed by atoms with Crippen LogP contribution in [0.2, 0.25) is 0 Å². The van der Waals surface area contributed by atoms with Gasteiger partial charge in [-0.25, -0.2) is 0 Å². The topological polar surface area (TPSA) is 44.0 Å². The fraction of sp³-hybridized carbons (Fsp3) is 0.375. The van der Waals surface area contributed by atoms with Crippen LogP contribution in [0.3, 0.4) is 0 Å². The predicted octanol–water partition coefficient (Wildman–Crippen LogP) is 3.04. The van der Waals surface area contributed by atoms with Crippen LogP contribution in [0.1, 0.15) is 37.3 Å². The minimum atomic E-state index is 0.0797. The molecule has 1 aliphatic heterocycles. The summed E-state index contributed by atoms with van der Waals surface area (Å²) in [5.74, 6) is 0.546. The van der Waals surface area contributed by atoms with Crippen molar-refractivity contribution in [3.8, 4) is 0 Å². The third kappa shape index (κ3) is 2.78. The third-order valence-corrected chi connectivity index (χ3v) is 4.05. The molecule has 21 heavy (non-hydrogen) atoms. The molecule has 2 N–H and O–H groups in total. The van der Waals surface area contributed by atoms with Crippen molar-refractivity contribution < 1.29 is 0 Å². The molecule has 2 aromatic rings. The number of nitrogens with zero attached hydrogens (tertiary/aromatic N) is 2. The molecular formula is C16H20N4S. The van der Waals surface area contributed by atoms with E-state index in [2.05, 4.69) is 46.2 Å². The Morgan fingerprint density at radius 1 is 1.29 bits per heavy atom. The number of thiocarbonyl (C=S) groups is 1. The van der Waals surface area contributed by atoms with Gasteiger partial charge in [-0.3, -0.25) is 4.98 Å². The number of hydrogen-bond donors (Lipinski definition) is 2. The highest BCUT2D eigenvalue weighted by Crippen LogP contribution is 2.37. The molecule has 2 aromatic heterocycles. The first-order valence-corrected chi connectivity index (χ1v) is 7.69. The SMILES string of the molecule is CC(C)CN1C(=S)N[C@H](c2ccccn2)[C@@H]1c1ccc[nH]1. The van der Waals surface area contributed by atoms with Crippen LogP contribution in [-0.4, -0.2) is 26.5 Å². The van der Waals surface area contributed by atoms with E-state index in [0.717, 1.165) is 17.4 Å². The van der Waals surface area contributed by atoms with Gasteiger partial charge < -0.3 is 15.2 Å². The average Bonchev–Trinajstić information content (AvgIpc) is 3.08. The lowest BCUT2D eigenvalue weighted by molar-refractivity contribution is 0.283. The van der Waals surface area contributed by atoms with Crippen molar-refractivity contribution in [2.45, 2.75) is 25.9 Å². The second-order valence-corrected chi connectivity index (χ2v) is 6.18. The summed E-state index contributed by atoms with van der Waals surface area (Å²) < 4.78 is 0. The van der Waals surface area contributed by atoms with E-state index in [1.807, 2.05) is 30.6 Å². The van der Waals surface area contributed by atoms with Gasteiger partial charge in [0, 0.05) is 24.6 Å². The minimum absolute atomic E-state index is 0.0797. The average molecular weight is 300 g/mol. The first-order chi connectivity index (χ1) is 10.2. The van der Waals surface area contributed by atoms with Crippen LogP contribution in [0.5, 0.6) is 0 Å². The smallest absolute Gasteiger partial charge is 0.170 e. The maximum absolute atomic E-state index is 5.56. The fourth-order valence-corrected chi connectivity index (χ4v) is 3.18. The van der Waals surface area contributed by atoms with Crippen molar-refractivity contribution in [1.82, 2.24) is 20.2 Å². The van der Waals surface area contributed by atoms with E-state index in [9.17, 15) is 0 Å². The number of H-pyrrole nitrogens is 1. The number of nitrogens with one attached hydrogen (secondary N) is 2. The number of hydrogen-bond acceptors (Lipinski definition) is 2. The molecule has 0 spiro atoms. The summed E-state index contributed by atoms with van der Waals surface area (Å²) in [6.45, 7) is 5.35. The standard InChI is InChI=1S/C16H20N4S/c1-11(2)10-20-15(13-7-5-9-18-13)14(19-16(20)21)12-6-3-4-8-17-12/h3-9,11,14-15,18H,10H2,1-2H3,(H,19,21)/t14-,15+/m1/s1. The van der Waals surface area contributed by atoms with Gasteiger partial charge in [-0.1, -0.05) is 19.9 Å². The van der Waals surface area contributed by atoms with Gasteiger partial charge in [0.15, 0.2) is 5.11 Å². The third-order valence-electron chi connectivity index (χ3n) is 3.70. The van der Waals surface area contributed by atoms with Crippen molar-refractivity contribution in [2.24, 2.45) is 5.92 Å². The molecule has 0 saturated carbocycles. The molecule has 1 saturated heterocycles. The summed E-state index contributed by atoms with van der Waals surface area (Å²) in [6, 6.07) is 10.4. The second-order valence-electron chi connectivity index (χ2n) is 5.80. The van der Waals surface area contributed by atoms with E-state index >= 15 is 0 Å². The van der Waals surface area contributed by atoms with Crippen molar-refractivity contribution in [2.75, 3.05) is 6.54 Å². The lowest BCUT2D eigenvalue weighted by Crippen LogP contribution is -2.33. The second kappa shape index (κ2) is 5.85. The van der Waals surface area contributed by atoms with E-state index in [1.54, 1.807) is 0 Å². The molecular weight excluding hydrogens is 280 g/mol. The van der Waals surface area contributed by atoms with Gasteiger partial charge in [0.2, 0.25) is 0 Å². The summed E-state index contributed by atoms with van der Waals surface area (Å²) in [5.41, 5.74) is 2.18. The summed E-state index contributed by atoms with van der Waals surface area (Å²) >= 11 is 5.56. The molecule has 0 unspecified atom stereocenters. The molecule has 0 aliphatic carbocycles. The molecule has 3 rings (SSSR count). The van der Waals surface area contributed by atoms with Gasteiger partial charge in [0.25, 0.3) is 0 Å². The van der Waals surface area contributed by atoms with Crippen LogP contribution in [-0.2, 0) is 0 Å². The maximum atomic E-state index is 5.56. The molecule has 0 amide bonds. The summed E-state index contributed by atoms with van der Waals surface area (Å²) in [6.07, 6.45) is 3.79. The van der Waals surface area contributed by atoms with Gasteiger partial charge in [-0.15, -0.1) is 0 Å². The monoisotopic (exact) mass is 300 g/mol. The Morgan fingerprint density at radius 3 is 2.76 bits per heavy atom. The van der Waals surface area contributed by atoms with Crippen LogP contribution in [0.15, 0.2) is 42.7 Å². The number of pyridine rings is 1.